The minimum Gasteiger partial charge on any atom is -0.399 e. The molecule has 5 nitrogen and oxygen atoms in total. The van der Waals surface area contributed by atoms with Gasteiger partial charge in [-0.05, 0) is 58.7 Å². The van der Waals surface area contributed by atoms with Crippen molar-refractivity contribution in [2.24, 2.45) is 0 Å². The highest BCUT2D eigenvalue weighted by Crippen LogP contribution is 2.25. The topological polar surface area (TPSA) is 77.8 Å². The van der Waals surface area contributed by atoms with E-state index in [0.29, 0.717) is 23.1 Å². The van der Waals surface area contributed by atoms with Crippen LogP contribution in [0.2, 0.25) is 0 Å². The largest absolute Gasteiger partial charge is 0.399 e. The van der Waals surface area contributed by atoms with Gasteiger partial charge in [0.25, 0.3) is 5.89 Å². The predicted molar refractivity (Wildman–Crippen MR) is 79.8 cm³/mol. The van der Waals surface area contributed by atoms with Crippen LogP contribution < -0.4 is 5.73 Å². The maximum absolute atomic E-state index is 5.73. The highest BCUT2D eigenvalue weighted by Gasteiger charge is 2.13. The van der Waals surface area contributed by atoms with Gasteiger partial charge in [-0.3, -0.25) is 4.98 Å². The summed E-state index contributed by atoms with van der Waals surface area (Å²) < 4.78 is 6.20. The molecular formula is C14H11BrN4O. The highest BCUT2D eigenvalue weighted by molar-refractivity contribution is 9.10. The first-order valence-electron chi connectivity index (χ1n) is 5.95. The van der Waals surface area contributed by atoms with E-state index < -0.39 is 0 Å². The van der Waals surface area contributed by atoms with Gasteiger partial charge in [-0.1, -0.05) is 5.16 Å². The van der Waals surface area contributed by atoms with Crippen molar-refractivity contribution in [2.75, 3.05) is 5.73 Å². The third kappa shape index (κ3) is 2.42. The lowest BCUT2D eigenvalue weighted by atomic mass is 10.1. The second-order valence-electron chi connectivity index (χ2n) is 4.36. The molecule has 0 radical (unpaired) electrons. The molecule has 0 aliphatic carbocycles. The maximum atomic E-state index is 5.73. The Hall–Kier alpha value is -2.21. The highest BCUT2D eigenvalue weighted by atomic mass is 79.9. The zero-order valence-electron chi connectivity index (χ0n) is 10.7. The Labute approximate surface area is 124 Å². The van der Waals surface area contributed by atoms with E-state index >= 15 is 0 Å². The summed E-state index contributed by atoms with van der Waals surface area (Å²) >= 11 is 3.34. The first kappa shape index (κ1) is 12.8. The summed E-state index contributed by atoms with van der Waals surface area (Å²) in [5.74, 6) is 0.922. The zero-order valence-corrected chi connectivity index (χ0v) is 12.3. The average Bonchev–Trinajstić information content (AvgIpc) is 2.89. The average molecular weight is 331 g/mol. The molecule has 0 saturated carbocycles. The van der Waals surface area contributed by atoms with E-state index in [-0.39, 0.29) is 0 Å². The number of nitrogens with zero attached hydrogens (tertiary/aromatic N) is 3. The summed E-state index contributed by atoms with van der Waals surface area (Å²) in [4.78, 5) is 8.61. The lowest BCUT2D eigenvalue weighted by Crippen LogP contribution is -1.89. The number of nitrogens with two attached hydrogens (primary N) is 1. The molecule has 0 spiro atoms. The molecule has 3 rings (SSSR count). The summed E-state index contributed by atoms with van der Waals surface area (Å²) in [5.41, 5.74) is 8.97. The van der Waals surface area contributed by atoms with Crippen molar-refractivity contribution in [3.63, 3.8) is 0 Å². The molecule has 100 valence electrons. The van der Waals surface area contributed by atoms with Crippen molar-refractivity contribution in [3.8, 4) is 23.0 Å². The van der Waals surface area contributed by atoms with Crippen molar-refractivity contribution >= 4 is 21.6 Å². The molecule has 6 heteroatoms. The van der Waals surface area contributed by atoms with Crippen LogP contribution in [0.4, 0.5) is 5.69 Å². The first-order chi connectivity index (χ1) is 9.63. The van der Waals surface area contributed by atoms with Gasteiger partial charge in [-0.15, -0.1) is 0 Å². The van der Waals surface area contributed by atoms with Gasteiger partial charge in [0.15, 0.2) is 0 Å². The molecule has 0 aliphatic rings. The normalized spacial score (nSPS) is 10.7. The molecule has 0 amide bonds. The summed E-state index contributed by atoms with van der Waals surface area (Å²) in [6, 6.07) is 9.26. The van der Waals surface area contributed by atoms with Crippen LogP contribution in [0.25, 0.3) is 23.0 Å². The molecule has 20 heavy (non-hydrogen) atoms. The van der Waals surface area contributed by atoms with E-state index in [0.717, 1.165) is 15.6 Å². The lowest BCUT2D eigenvalue weighted by Gasteiger charge is -2.01. The van der Waals surface area contributed by atoms with E-state index in [9.17, 15) is 0 Å². The quantitative estimate of drug-likeness (QED) is 0.728. The number of benzene rings is 1. The van der Waals surface area contributed by atoms with Crippen molar-refractivity contribution in [1.29, 1.82) is 0 Å². The second-order valence-corrected chi connectivity index (χ2v) is 5.27. The Morgan fingerprint density at radius 2 is 2.05 bits per heavy atom. The van der Waals surface area contributed by atoms with Crippen LogP contribution in [0.15, 0.2) is 45.5 Å². The molecule has 0 aliphatic heterocycles. The molecule has 1 aromatic carbocycles. The molecule has 0 saturated heterocycles. The van der Waals surface area contributed by atoms with Gasteiger partial charge in [0.05, 0.1) is 0 Å². The second kappa shape index (κ2) is 5.05. The Kier molecular flexibility index (Phi) is 3.23. The molecule has 3 aromatic rings. The van der Waals surface area contributed by atoms with Crippen LogP contribution in [-0.2, 0) is 0 Å². The van der Waals surface area contributed by atoms with Gasteiger partial charge < -0.3 is 10.3 Å². The maximum Gasteiger partial charge on any atom is 0.258 e. The number of anilines is 1. The van der Waals surface area contributed by atoms with Gasteiger partial charge in [0.1, 0.15) is 5.69 Å². The van der Waals surface area contributed by atoms with Gasteiger partial charge >= 0.3 is 0 Å². The van der Waals surface area contributed by atoms with Crippen LogP contribution in [-0.4, -0.2) is 15.1 Å². The third-order valence-corrected chi connectivity index (χ3v) is 3.33. The summed E-state index contributed by atoms with van der Waals surface area (Å²) in [7, 11) is 0. The van der Waals surface area contributed by atoms with Crippen molar-refractivity contribution in [3.05, 3.63) is 46.6 Å². The van der Waals surface area contributed by atoms with E-state index in [1.54, 1.807) is 6.20 Å². The minimum atomic E-state index is 0.460. The fourth-order valence-corrected chi connectivity index (χ4v) is 2.11. The Bertz CT molecular complexity index is 752. The van der Waals surface area contributed by atoms with Crippen LogP contribution >= 0.6 is 15.9 Å². The number of aryl methyl sites for hydroxylation is 1. The fourth-order valence-electron chi connectivity index (χ4n) is 1.87. The van der Waals surface area contributed by atoms with Crippen LogP contribution in [0, 0.1) is 6.92 Å². The Morgan fingerprint density at radius 3 is 2.75 bits per heavy atom. The zero-order chi connectivity index (χ0) is 14.1. The first-order valence-corrected chi connectivity index (χ1v) is 6.75. The minimum absolute atomic E-state index is 0.460. The van der Waals surface area contributed by atoms with E-state index in [2.05, 4.69) is 31.1 Å². The number of aromatic nitrogens is 3. The number of rotatable bonds is 2. The van der Waals surface area contributed by atoms with E-state index in [1.165, 1.54) is 0 Å². The standard InChI is InChI=1S/C14H11BrN4O/c1-8-6-10(16)3-4-11(8)14-18-13(19-20-14)12-5-2-9(15)7-17-12/h2-7H,16H2,1H3. The van der Waals surface area contributed by atoms with Gasteiger partial charge in [0, 0.05) is 21.9 Å². The van der Waals surface area contributed by atoms with Gasteiger partial charge in [-0.2, -0.15) is 4.98 Å². The summed E-state index contributed by atoms with van der Waals surface area (Å²) in [6.45, 7) is 1.95. The molecule has 0 bridgehead atoms. The van der Waals surface area contributed by atoms with Crippen LogP contribution in [0.1, 0.15) is 5.56 Å². The Morgan fingerprint density at radius 1 is 1.20 bits per heavy atom. The molecule has 0 fully saturated rings. The van der Waals surface area contributed by atoms with Crippen LogP contribution in [0.3, 0.4) is 0 Å². The number of hydrogen-bond donors (Lipinski definition) is 1. The van der Waals surface area contributed by atoms with E-state index in [4.69, 9.17) is 10.3 Å². The number of hydrogen-bond acceptors (Lipinski definition) is 5. The number of nitrogen functional groups attached to an aromatic ring is 1. The summed E-state index contributed by atoms with van der Waals surface area (Å²) in [5, 5.41) is 3.96. The Balaban J connectivity index is 1.99. The van der Waals surface area contributed by atoms with Crippen LogP contribution in [0.5, 0.6) is 0 Å². The smallest absolute Gasteiger partial charge is 0.258 e. The lowest BCUT2D eigenvalue weighted by molar-refractivity contribution is 0.432. The monoisotopic (exact) mass is 330 g/mol. The molecular weight excluding hydrogens is 320 g/mol. The molecule has 2 N–H and O–H groups in total. The van der Waals surface area contributed by atoms with Crippen molar-refractivity contribution < 1.29 is 4.52 Å². The third-order valence-electron chi connectivity index (χ3n) is 2.86. The van der Waals surface area contributed by atoms with Crippen molar-refractivity contribution in [2.45, 2.75) is 6.92 Å². The number of pyridine rings is 1. The van der Waals surface area contributed by atoms with Gasteiger partial charge in [0.2, 0.25) is 5.82 Å². The molecule has 0 atom stereocenters. The summed E-state index contributed by atoms with van der Waals surface area (Å²) in [6.07, 6.45) is 1.69. The van der Waals surface area contributed by atoms with Crippen molar-refractivity contribution in [1.82, 2.24) is 15.1 Å². The molecule has 2 heterocycles. The predicted octanol–water partition coefficient (Wildman–Crippen LogP) is 3.45. The number of halogens is 1. The van der Waals surface area contributed by atoms with E-state index in [1.807, 2.05) is 37.3 Å². The fraction of sp³-hybridized carbons (Fsp3) is 0.0714. The van der Waals surface area contributed by atoms with Gasteiger partial charge in [-0.25, -0.2) is 0 Å². The SMILES string of the molecule is Cc1cc(N)ccc1-c1nc(-c2ccc(Br)cn2)no1. The molecule has 0 unspecified atom stereocenters. The molecule has 2 aromatic heterocycles.